The van der Waals surface area contributed by atoms with E-state index in [0.29, 0.717) is 18.1 Å². The fraction of sp³-hybridized carbons (Fsp3) is 1.00. The maximum absolute atomic E-state index is 6.12. The first-order chi connectivity index (χ1) is 8.24. The van der Waals surface area contributed by atoms with Crippen LogP contribution >= 0.6 is 0 Å². The Kier molecular flexibility index (Phi) is 4.83. The van der Waals surface area contributed by atoms with Crippen LogP contribution in [0, 0.1) is 5.92 Å². The van der Waals surface area contributed by atoms with Crippen LogP contribution in [-0.2, 0) is 9.47 Å². The predicted octanol–water partition coefficient (Wildman–Crippen LogP) is 2.65. The van der Waals surface area contributed by atoms with Gasteiger partial charge in [0.1, 0.15) is 0 Å². The second kappa shape index (κ2) is 6.17. The molecule has 2 aliphatic rings. The molecule has 0 aromatic rings. The smallest absolute Gasteiger partial charge is 0.161 e. The summed E-state index contributed by atoms with van der Waals surface area (Å²) in [6.45, 7) is 6.67. The maximum Gasteiger partial charge on any atom is 0.161 e. The Labute approximate surface area is 105 Å². The molecule has 0 bridgehead atoms. The minimum Gasteiger partial charge on any atom is -0.346 e. The van der Waals surface area contributed by atoms with Crippen LogP contribution in [0.5, 0.6) is 0 Å². The molecular weight excluding hydrogens is 214 g/mol. The molecule has 0 saturated carbocycles. The van der Waals surface area contributed by atoms with E-state index in [9.17, 15) is 0 Å². The van der Waals surface area contributed by atoms with E-state index in [2.05, 4.69) is 25.8 Å². The Morgan fingerprint density at radius 2 is 2.00 bits per heavy atom. The van der Waals surface area contributed by atoms with Crippen molar-refractivity contribution in [1.29, 1.82) is 0 Å². The van der Waals surface area contributed by atoms with Gasteiger partial charge in [-0.1, -0.05) is 26.7 Å². The number of fused-ring (bicyclic) bond motifs is 1. The Hall–Kier alpha value is -0.120. The van der Waals surface area contributed by atoms with Crippen molar-refractivity contribution < 1.29 is 9.47 Å². The van der Waals surface area contributed by atoms with Crippen LogP contribution in [0.4, 0.5) is 0 Å². The lowest BCUT2D eigenvalue weighted by Crippen LogP contribution is -2.43. The van der Waals surface area contributed by atoms with Crippen molar-refractivity contribution in [2.75, 3.05) is 20.1 Å². The molecule has 3 nitrogen and oxygen atoms in total. The van der Waals surface area contributed by atoms with Gasteiger partial charge in [-0.05, 0) is 26.3 Å². The first-order valence-corrected chi connectivity index (χ1v) is 7.24. The summed E-state index contributed by atoms with van der Waals surface area (Å²) in [4.78, 5) is 2.35. The highest BCUT2D eigenvalue weighted by atomic mass is 16.7. The van der Waals surface area contributed by atoms with Crippen LogP contribution in [0.15, 0.2) is 0 Å². The van der Waals surface area contributed by atoms with Gasteiger partial charge in [-0.15, -0.1) is 0 Å². The number of likely N-dealkylation sites (tertiary alicyclic amines) is 1. The van der Waals surface area contributed by atoms with Crippen LogP contribution < -0.4 is 0 Å². The van der Waals surface area contributed by atoms with Gasteiger partial charge in [0.05, 0.1) is 12.2 Å². The summed E-state index contributed by atoms with van der Waals surface area (Å²) in [6, 6.07) is 0. The average molecular weight is 241 g/mol. The molecule has 2 saturated heterocycles. The molecule has 0 N–H and O–H groups in total. The molecule has 0 aromatic carbocycles. The molecule has 0 aliphatic carbocycles. The first-order valence-electron chi connectivity index (χ1n) is 7.24. The summed E-state index contributed by atoms with van der Waals surface area (Å²) in [5, 5.41) is 0. The SMILES string of the molecule is CCCCC(CC)C1OC2CCN(C)CC2O1. The standard InChI is InChI=1S/C14H27NO2/c1-4-6-7-11(5-2)14-16-12-8-9-15(3)10-13(12)17-14/h11-14H,4-10H2,1-3H3. The first kappa shape index (κ1) is 13.3. The molecule has 17 heavy (non-hydrogen) atoms. The van der Waals surface area contributed by atoms with Gasteiger partial charge < -0.3 is 14.4 Å². The predicted molar refractivity (Wildman–Crippen MR) is 69.0 cm³/mol. The van der Waals surface area contributed by atoms with Crippen molar-refractivity contribution in [3.63, 3.8) is 0 Å². The fourth-order valence-corrected chi connectivity index (χ4v) is 2.93. The molecule has 2 heterocycles. The molecule has 2 aliphatic heterocycles. The summed E-state index contributed by atoms with van der Waals surface area (Å²) < 4.78 is 12.2. The number of unbranched alkanes of at least 4 members (excludes halogenated alkanes) is 1. The normalized spacial score (nSPS) is 35.8. The molecule has 2 rings (SSSR count). The second-order valence-electron chi connectivity index (χ2n) is 5.58. The number of piperidine rings is 1. The Morgan fingerprint density at radius 3 is 2.71 bits per heavy atom. The van der Waals surface area contributed by atoms with E-state index in [1.54, 1.807) is 0 Å². The summed E-state index contributed by atoms with van der Waals surface area (Å²) in [7, 11) is 2.17. The van der Waals surface area contributed by atoms with E-state index in [1.807, 2.05) is 0 Å². The number of hydrogen-bond acceptors (Lipinski definition) is 3. The molecule has 0 spiro atoms. The van der Waals surface area contributed by atoms with Crippen LogP contribution in [0.3, 0.4) is 0 Å². The third-order valence-corrected chi connectivity index (χ3v) is 4.16. The summed E-state index contributed by atoms with van der Waals surface area (Å²) in [5.41, 5.74) is 0. The van der Waals surface area contributed by atoms with Crippen LogP contribution in [0.2, 0.25) is 0 Å². The van der Waals surface area contributed by atoms with Gasteiger partial charge in [0.2, 0.25) is 0 Å². The van der Waals surface area contributed by atoms with E-state index in [1.165, 1.54) is 25.7 Å². The number of rotatable bonds is 5. The lowest BCUT2D eigenvalue weighted by Gasteiger charge is -2.29. The second-order valence-corrected chi connectivity index (χ2v) is 5.58. The van der Waals surface area contributed by atoms with Crippen molar-refractivity contribution in [3.05, 3.63) is 0 Å². The van der Waals surface area contributed by atoms with Gasteiger partial charge >= 0.3 is 0 Å². The number of hydrogen-bond donors (Lipinski definition) is 0. The molecule has 3 heteroatoms. The zero-order chi connectivity index (χ0) is 12.3. The van der Waals surface area contributed by atoms with Gasteiger partial charge in [0, 0.05) is 19.0 Å². The molecule has 0 aromatic heterocycles. The maximum atomic E-state index is 6.12. The van der Waals surface area contributed by atoms with Crippen molar-refractivity contribution in [2.24, 2.45) is 5.92 Å². The minimum atomic E-state index is 0.0630. The lowest BCUT2D eigenvalue weighted by molar-refractivity contribution is -0.106. The van der Waals surface area contributed by atoms with Crippen LogP contribution in [0.25, 0.3) is 0 Å². The largest absolute Gasteiger partial charge is 0.346 e. The lowest BCUT2D eigenvalue weighted by atomic mass is 9.99. The van der Waals surface area contributed by atoms with Crippen LogP contribution in [0.1, 0.15) is 46.0 Å². The molecular formula is C14H27NO2. The molecule has 100 valence electrons. The van der Waals surface area contributed by atoms with E-state index in [0.717, 1.165) is 19.5 Å². The Balaban J connectivity index is 1.86. The molecule has 4 unspecified atom stereocenters. The number of nitrogens with zero attached hydrogens (tertiary/aromatic N) is 1. The van der Waals surface area contributed by atoms with Gasteiger partial charge in [0.25, 0.3) is 0 Å². The summed E-state index contributed by atoms with van der Waals surface area (Å²) >= 11 is 0. The zero-order valence-electron chi connectivity index (χ0n) is 11.5. The van der Waals surface area contributed by atoms with Gasteiger partial charge in [-0.2, -0.15) is 0 Å². The van der Waals surface area contributed by atoms with Gasteiger partial charge in [0.15, 0.2) is 6.29 Å². The highest BCUT2D eigenvalue weighted by Crippen LogP contribution is 2.32. The minimum absolute atomic E-state index is 0.0630. The Morgan fingerprint density at radius 1 is 1.24 bits per heavy atom. The van der Waals surface area contributed by atoms with E-state index < -0.39 is 0 Å². The summed E-state index contributed by atoms with van der Waals surface area (Å²) in [5.74, 6) is 0.589. The molecule has 0 radical (unpaired) electrons. The van der Waals surface area contributed by atoms with Gasteiger partial charge in [-0.3, -0.25) is 0 Å². The van der Waals surface area contributed by atoms with Gasteiger partial charge in [-0.25, -0.2) is 0 Å². The topological polar surface area (TPSA) is 21.7 Å². The van der Waals surface area contributed by atoms with E-state index in [-0.39, 0.29) is 6.29 Å². The average Bonchev–Trinajstić information content (AvgIpc) is 2.72. The zero-order valence-corrected chi connectivity index (χ0v) is 11.5. The number of likely N-dealkylation sites (N-methyl/N-ethyl adjacent to an activating group) is 1. The third-order valence-electron chi connectivity index (χ3n) is 4.16. The quantitative estimate of drug-likeness (QED) is 0.738. The van der Waals surface area contributed by atoms with Crippen molar-refractivity contribution in [1.82, 2.24) is 4.90 Å². The molecule has 4 atom stereocenters. The third kappa shape index (κ3) is 3.21. The van der Waals surface area contributed by atoms with Crippen molar-refractivity contribution in [2.45, 2.75) is 64.4 Å². The van der Waals surface area contributed by atoms with E-state index in [4.69, 9.17) is 9.47 Å². The number of ether oxygens (including phenoxy) is 2. The van der Waals surface area contributed by atoms with E-state index >= 15 is 0 Å². The van der Waals surface area contributed by atoms with Crippen LogP contribution in [-0.4, -0.2) is 43.5 Å². The fourth-order valence-electron chi connectivity index (χ4n) is 2.93. The van der Waals surface area contributed by atoms with Crippen molar-refractivity contribution >= 4 is 0 Å². The molecule has 2 fully saturated rings. The molecule has 0 amide bonds. The van der Waals surface area contributed by atoms with Crippen molar-refractivity contribution in [3.8, 4) is 0 Å². The monoisotopic (exact) mass is 241 g/mol. The summed E-state index contributed by atoms with van der Waals surface area (Å²) in [6.07, 6.45) is 6.82. The Bertz CT molecular complexity index is 234. The highest BCUT2D eigenvalue weighted by Gasteiger charge is 2.41. The highest BCUT2D eigenvalue weighted by molar-refractivity contribution is 4.86.